The third-order valence-electron chi connectivity index (χ3n) is 3.28. The van der Waals surface area contributed by atoms with Crippen molar-refractivity contribution in [3.8, 4) is 0 Å². The average Bonchev–Trinajstić information content (AvgIpc) is 2.79. The van der Waals surface area contributed by atoms with Crippen LogP contribution in [0.1, 0.15) is 17.8 Å². The van der Waals surface area contributed by atoms with E-state index in [0.717, 1.165) is 30.6 Å². The monoisotopic (exact) mass is 270 g/mol. The molecule has 1 aromatic rings. The van der Waals surface area contributed by atoms with Crippen LogP contribution in [0.2, 0.25) is 0 Å². The molecule has 1 saturated heterocycles. The lowest BCUT2D eigenvalue weighted by atomic mass is 9.96. The first-order valence-corrected chi connectivity index (χ1v) is 7.15. The standard InChI is InChI=1S/C11H22N6S/c1-16(2)7-9-3-5-17(6-4-9)8-10-14-15-11(13-12)18-10/h9H,3-8,12H2,1-2H3,(H,13,15). The molecular formula is C11H22N6S. The highest BCUT2D eigenvalue weighted by Gasteiger charge is 2.20. The number of hydrazine groups is 1. The first kappa shape index (κ1) is 13.7. The van der Waals surface area contributed by atoms with Crippen LogP contribution < -0.4 is 11.3 Å². The van der Waals surface area contributed by atoms with Gasteiger partial charge in [0.2, 0.25) is 5.13 Å². The second-order valence-electron chi connectivity index (χ2n) is 5.13. The largest absolute Gasteiger partial charge is 0.309 e. The van der Waals surface area contributed by atoms with Gasteiger partial charge in [0.05, 0.1) is 6.54 Å². The number of rotatable bonds is 5. The van der Waals surface area contributed by atoms with E-state index in [9.17, 15) is 0 Å². The summed E-state index contributed by atoms with van der Waals surface area (Å²) in [6.07, 6.45) is 2.55. The zero-order valence-corrected chi connectivity index (χ0v) is 11.9. The highest BCUT2D eigenvalue weighted by Crippen LogP contribution is 2.21. The van der Waals surface area contributed by atoms with Crippen LogP contribution in [0.4, 0.5) is 5.13 Å². The number of nitrogens with two attached hydrogens (primary N) is 1. The Bertz CT molecular complexity index is 358. The van der Waals surface area contributed by atoms with Crippen molar-refractivity contribution in [3.63, 3.8) is 0 Å². The summed E-state index contributed by atoms with van der Waals surface area (Å²) >= 11 is 1.53. The molecule has 7 heteroatoms. The maximum atomic E-state index is 5.30. The van der Waals surface area contributed by atoms with Gasteiger partial charge in [0, 0.05) is 6.54 Å². The Morgan fingerprint density at radius 3 is 2.67 bits per heavy atom. The Kier molecular flexibility index (Phi) is 4.87. The molecule has 0 amide bonds. The van der Waals surface area contributed by atoms with Crippen molar-refractivity contribution < 1.29 is 0 Å². The van der Waals surface area contributed by atoms with Crippen molar-refractivity contribution in [2.45, 2.75) is 19.4 Å². The maximum absolute atomic E-state index is 5.30. The van der Waals surface area contributed by atoms with Gasteiger partial charge in [-0.15, -0.1) is 10.2 Å². The van der Waals surface area contributed by atoms with Crippen LogP contribution in [-0.2, 0) is 6.54 Å². The molecule has 6 nitrogen and oxygen atoms in total. The average molecular weight is 270 g/mol. The van der Waals surface area contributed by atoms with Gasteiger partial charge in [0.1, 0.15) is 5.01 Å². The molecule has 0 unspecified atom stereocenters. The lowest BCUT2D eigenvalue weighted by Crippen LogP contribution is -2.36. The molecule has 1 aromatic heterocycles. The molecule has 0 radical (unpaired) electrons. The lowest BCUT2D eigenvalue weighted by molar-refractivity contribution is 0.156. The number of nitrogens with one attached hydrogen (secondary N) is 1. The number of likely N-dealkylation sites (tertiary alicyclic amines) is 1. The molecule has 0 aliphatic carbocycles. The van der Waals surface area contributed by atoms with E-state index in [0.29, 0.717) is 5.13 Å². The highest BCUT2D eigenvalue weighted by molar-refractivity contribution is 7.15. The SMILES string of the molecule is CN(C)CC1CCN(Cc2nnc(NN)s2)CC1. The van der Waals surface area contributed by atoms with Crippen molar-refractivity contribution in [2.24, 2.45) is 11.8 Å². The van der Waals surface area contributed by atoms with E-state index >= 15 is 0 Å². The fourth-order valence-electron chi connectivity index (χ4n) is 2.41. The van der Waals surface area contributed by atoms with E-state index in [1.54, 1.807) is 0 Å². The number of nitrogens with zero attached hydrogens (tertiary/aromatic N) is 4. The molecule has 102 valence electrons. The number of nitrogen functional groups attached to an aromatic ring is 1. The Hall–Kier alpha value is -0.760. The van der Waals surface area contributed by atoms with Gasteiger partial charge in [-0.05, 0) is 45.9 Å². The van der Waals surface area contributed by atoms with Crippen LogP contribution in [0.3, 0.4) is 0 Å². The first-order valence-electron chi connectivity index (χ1n) is 6.33. The summed E-state index contributed by atoms with van der Waals surface area (Å²) in [4.78, 5) is 4.73. The first-order chi connectivity index (χ1) is 8.67. The van der Waals surface area contributed by atoms with Crippen LogP contribution in [-0.4, -0.2) is 53.7 Å². The third kappa shape index (κ3) is 3.88. The molecule has 3 N–H and O–H groups in total. The van der Waals surface area contributed by atoms with Crippen LogP contribution in [0.25, 0.3) is 0 Å². The van der Waals surface area contributed by atoms with E-state index in [1.165, 1.54) is 30.7 Å². The Balaban J connectivity index is 1.76. The molecule has 2 rings (SSSR count). The van der Waals surface area contributed by atoms with Crippen LogP contribution in [0.5, 0.6) is 0 Å². The summed E-state index contributed by atoms with van der Waals surface area (Å²) in [5.41, 5.74) is 2.53. The number of anilines is 1. The summed E-state index contributed by atoms with van der Waals surface area (Å²) in [6.45, 7) is 4.41. The number of hydrogen-bond donors (Lipinski definition) is 2. The molecule has 1 fully saturated rings. The van der Waals surface area contributed by atoms with Gasteiger partial charge in [-0.2, -0.15) is 0 Å². The third-order valence-corrected chi connectivity index (χ3v) is 4.12. The van der Waals surface area contributed by atoms with Gasteiger partial charge >= 0.3 is 0 Å². The van der Waals surface area contributed by atoms with Gasteiger partial charge < -0.3 is 4.90 Å². The summed E-state index contributed by atoms with van der Waals surface area (Å²) in [5, 5.41) is 9.80. The molecule has 1 aliphatic heterocycles. The second kappa shape index (κ2) is 6.42. The molecule has 0 spiro atoms. The summed E-state index contributed by atoms with van der Waals surface area (Å²) < 4.78 is 0. The van der Waals surface area contributed by atoms with E-state index in [2.05, 4.69) is 39.5 Å². The minimum Gasteiger partial charge on any atom is -0.309 e. The zero-order valence-electron chi connectivity index (χ0n) is 11.1. The molecule has 0 saturated carbocycles. The second-order valence-corrected chi connectivity index (χ2v) is 6.19. The van der Waals surface area contributed by atoms with Crippen molar-refractivity contribution in [1.82, 2.24) is 20.0 Å². The van der Waals surface area contributed by atoms with Crippen LogP contribution in [0.15, 0.2) is 0 Å². The summed E-state index contributed by atoms with van der Waals surface area (Å²) in [5.74, 6) is 6.14. The number of aromatic nitrogens is 2. The molecule has 18 heavy (non-hydrogen) atoms. The minimum atomic E-state index is 0.687. The predicted octanol–water partition coefficient (Wildman–Crippen LogP) is 0.597. The van der Waals surface area contributed by atoms with E-state index in [4.69, 9.17) is 5.84 Å². The van der Waals surface area contributed by atoms with E-state index in [1.807, 2.05) is 0 Å². The van der Waals surface area contributed by atoms with Crippen LogP contribution in [0, 0.1) is 5.92 Å². The Morgan fingerprint density at radius 2 is 2.11 bits per heavy atom. The molecule has 0 aromatic carbocycles. The van der Waals surface area contributed by atoms with Gasteiger partial charge in [0.15, 0.2) is 0 Å². The predicted molar refractivity (Wildman–Crippen MR) is 74.3 cm³/mol. The van der Waals surface area contributed by atoms with Crippen molar-refractivity contribution in [3.05, 3.63) is 5.01 Å². The molecule has 1 aliphatic rings. The maximum Gasteiger partial charge on any atom is 0.219 e. The van der Waals surface area contributed by atoms with E-state index < -0.39 is 0 Å². The number of hydrogen-bond acceptors (Lipinski definition) is 7. The quantitative estimate of drug-likeness (QED) is 0.603. The minimum absolute atomic E-state index is 0.687. The molecular weight excluding hydrogens is 248 g/mol. The summed E-state index contributed by atoms with van der Waals surface area (Å²) in [7, 11) is 4.30. The molecule has 0 atom stereocenters. The molecule has 2 heterocycles. The zero-order chi connectivity index (χ0) is 13.0. The Labute approximate surface area is 112 Å². The van der Waals surface area contributed by atoms with Crippen molar-refractivity contribution in [1.29, 1.82) is 0 Å². The topological polar surface area (TPSA) is 70.3 Å². The normalized spacial score (nSPS) is 18.4. The fraction of sp³-hybridized carbons (Fsp3) is 0.818. The van der Waals surface area contributed by atoms with E-state index in [-0.39, 0.29) is 0 Å². The fourth-order valence-corrected chi connectivity index (χ4v) is 3.10. The van der Waals surface area contributed by atoms with Crippen LogP contribution >= 0.6 is 11.3 Å². The van der Waals surface area contributed by atoms with Gasteiger partial charge in [-0.25, -0.2) is 5.84 Å². The smallest absolute Gasteiger partial charge is 0.219 e. The highest BCUT2D eigenvalue weighted by atomic mass is 32.1. The van der Waals surface area contributed by atoms with Gasteiger partial charge in [0.25, 0.3) is 0 Å². The van der Waals surface area contributed by atoms with Crippen molar-refractivity contribution in [2.75, 3.05) is 39.2 Å². The number of piperidine rings is 1. The molecule has 0 bridgehead atoms. The van der Waals surface area contributed by atoms with Gasteiger partial charge in [-0.3, -0.25) is 10.3 Å². The summed E-state index contributed by atoms with van der Waals surface area (Å²) in [6, 6.07) is 0. The lowest BCUT2D eigenvalue weighted by Gasteiger charge is -2.32. The van der Waals surface area contributed by atoms with Gasteiger partial charge in [-0.1, -0.05) is 11.3 Å². The Morgan fingerprint density at radius 1 is 1.39 bits per heavy atom. The van der Waals surface area contributed by atoms with Crippen molar-refractivity contribution >= 4 is 16.5 Å².